The number of carbonyl (C=O) groups excluding carboxylic acids is 4. The van der Waals surface area contributed by atoms with Crippen LogP contribution in [0, 0.1) is 11.6 Å². The molecular weight excluding hydrogens is 348 g/mol. The maximum Gasteiger partial charge on any atom is 0.326 e. The molecule has 26 heavy (non-hydrogen) atoms. The molecule has 0 atom stereocenters. The van der Waals surface area contributed by atoms with Crippen LogP contribution in [0.4, 0.5) is 8.78 Å². The van der Waals surface area contributed by atoms with Crippen molar-refractivity contribution in [2.75, 3.05) is 13.2 Å². The van der Waals surface area contributed by atoms with E-state index < -0.39 is 53.9 Å². The van der Waals surface area contributed by atoms with Gasteiger partial charge in [0.25, 0.3) is 11.8 Å². The van der Waals surface area contributed by atoms with E-state index in [1.165, 1.54) is 12.1 Å². The van der Waals surface area contributed by atoms with Crippen LogP contribution in [0.1, 0.15) is 31.1 Å². The lowest BCUT2D eigenvalue weighted by atomic mass is 10.1. The zero-order valence-corrected chi connectivity index (χ0v) is 13.2. The third-order valence-electron chi connectivity index (χ3n) is 3.76. The number of rotatable bonds is 5. The predicted molar refractivity (Wildman–Crippen MR) is 83.5 cm³/mol. The van der Waals surface area contributed by atoms with Crippen molar-refractivity contribution in [3.05, 3.63) is 70.8 Å². The number of hydrogen-bond acceptors (Lipinski definition) is 5. The minimum Gasteiger partial charge on any atom is -0.456 e. The molecular formula is C18H11F2NO5. The fraction of sp³-hybridized carbons (Fsp3) is 0.111. The highest BCUT2D eigenvalue weighted by molar-refractivity contribution is 6.22. The first kappa shape index (κ1) is 17.4. The Morgan fingerprint density at radius 2 is 1.58 bits per heavy atom. The summed E-state index contributed by atoms with van der Waals surface area (Å²) in [5, 5.41) is 0. The number of amides is 2. The first-order valence-corrected chi connectivity index (χ1v) is 7.47. The minimum atomic E-state index is -1.02. The molecule has 2 aromatic rings. The van der Waals surface area contributed by atoms with Gasteiger partial charge in [-0.25, -0.2) is 8.78 Å². The van der Waals surface area contributed by atoms with Crippen LogP contribution in [0.25, 0.3) is 0 Å². The molecule has 1 heterocycles. The number of halogens is 2. The molecule has 0 bridgehead atoms. The van der Waals surface area contributed by atoms with E-state index in [-0.39, 0.29) is 11.1 Å². The lowest BCUT2D eigenvalue weighted by Crippen LogP contribution is -2.36. The maximum atomic E-state index is 13.5. The third-order valence-corrected chi connectivity index (χ3v) is 3.76. The molecule has 0 unspecified atom stereocenters. The van der Waals surface area contributed by atoms with Gasteiger partial charge in [-0.05, 0) is 30.3 Å². The Hall–Kier alpha value is -3.42. The van der Waals surface area contributed by atoms with Crippen LogP contribution in [-0.4, -0.2) is 41.6 Å². The first-order chi connectivity index (χ1) is 12.4. The highest BCUT2D eigenvalue weighted by Gasteiger charge is 2.36. The summed E-state index contributed by atoms with van der Waals surface area (Å²) in [6, 6.07) is 8.39. The average Bonchev–Trinajstić information content (AvgIpc) is 2.87. The van der Waals surface area contributed by atoms with Gasteiger partial charge in [0, 0.05) is 0 Å². The second-order valence-electron chi connectivity index (χ2n) is 5.45. The Bertz CT molecular complexity index is 906. The van der Waals surface area contributed by atoms with E-state index in [2.05, 4.69) is 4.74 Å². The molecule has 0 aromatic heterocycles. The highest BCUT2D eigenvalue weighted by Crippen LogP contribution is 2.22. The van der Waals surface area contributed by atoms with Gasteiger partial charge in [0.15, 0.2) is 6.61 Å². The van der Waals surface area contributed by atoms with Gasteiger partial charge in [-0.3, -0.25) is 24.1 Å². The number of fused-ring (bicyclic) bond motifs is 1. The van der Waals surface area contributed by atoms with Crippen molar-refractivity contribution < 1.29 is 32.7 Å². The molecule has 132 valence electrons. The molecule has 0 saturated heterocycles. The zero-order chi connectivity index (χ0) is 18.8. The smallest absolute Gasteiger partial charge is 0.326 e. The number of carbonyl (C=O) groups is 4. The standard InChI is InChI=1S/C18H11F2NO5/c19-10-5-6-14(20)13(7-10)15(22)9-26-16(23)8-21-17(24)11-3-1-2-4-12(11)18(21)25/h1-7H,8-9H2. The molecule has 1 aliphatic rings. The largest absolute Gasteiger partial charge is 0.456 e. The fourth-order valence-electron chi connectivity index (χ4n) is 2.49. The molecule has 2 aromatic carbocycles. The number of imide groups is 1. The number of Topliss-reactive ketones (excluding diaryl/α,β-unsaturated/α-hetero) is 1. The summed E-state index contributed by atoms with van der Waals surface area (Å²) in [5.74, 6) is -5.03. The van der Waals surface area contributed by atoms with Gasteiger partial charge >= 0.3 is 5.97 Å². The average molecular weight is 359 g/mol. The van der Waals surface area contributed by atoms with E-state index in [9.17, 15) is 28.0 Å². The molecule has 0 aliphatic carbocycles. The molecule has 6 nitrogen and oxygen atoms in total. The van der Waals surface area contributed by atoms with Crippen molar-refractivity contribution in [1.82, 2.24) is 4.90 Å². The van der Waals surface area contributed by atoms with E-state index in [0.717, 1.165) is 12.1 Å². The molecule has 0 fully saturated rings. The molecule has 0 radical (unpaired) electrons. The van der Waals surface area contributed by atoms with E-state index >= 15 is 0 Å². The molecule has 2 amide bonds. The van der Waals surface area contributed by atoms with Crippen molar-refractivity contribution in [2.24, 2.45) is 0 Å². The van der Waals surface area contributed by atoms with Crippen LogP contribution in [0.15, 0.2) is 42.5 Å². The van der Waals surface area contributed by atoms with Crippen molar-refractivity contribution in [2.45, 2.75) is 0 Å². The summed E-state index contributed by atoms with van der Waals surface area (Å²) < 4.78 is 31.3. The summed E-state index contributed by atoms with van der Waals surface area (Å²) >= 11 is 0. The van der Waals surface area contributed by atoms with Crippen LogP contribution in [0.2, 0.25) is 0 Å². The van der Waals surface area contributed by atoms with Crippen LogP contribution in [0.3, 0.4) is 0 Å². The Kier molecular flexibility index (Phi) is 4.57. The van der Waals surface area contributed by atoms with E-state index in [0.29, 0.717) is 11.0 Å². The number of ether oxygens (including phenoxy) is 1. The maximum absolute atomic E-state index is 13.5. The van der Waals surface area contributed by atoms with Gasteiger partial charge in [-0.15, -0.1) is 0 Å². The summed E-state index contributed by atoms with van der Waals surface area (Å²) in [6.45, 7) is -1.53. The van der Waals surface area contributed by atoms with Gasteiger partial charge in [-0.2, -0.15) is 0 Å². The number of hydrogen-bond donors (Lipinski definition) is 0. The lowest BCUT2D eigenvalue weighted by Gasteiger charge is -2.12. The molecule has 0 spiro atoms. The van der Waals surface area contributed by atoms with E-state index in [1.807, 2.05) is 0 Å². The molecule has 8 heteroatoms. The van der Waals surface area contributed by atoms with E-state index in [1.54, 1.807) is 12.1 Å². The predicted octanol–water partition coefficient (Wildman–Crippen LogP) is 1.99. The Labute approximate surface area is 146 Å². The van der Waals surface area contributed by atoms with Gasteiger partial charge in [0.05, 0.1) is 16.7 Å². The quantitative estimate of drug-likeness (QED) is 0.463. The number of esters is 1. The minimum absolute atomic E-state index is 0.170. The SMILES string of the molecule is O=C(CN1C(=O)c2ccccc2C1=O)OCC(=O)c1cc(F)ccc1F. The van der Waals surface area contributed by atoms with Crippen LogP contribution in [-0.2, 0) is 9.53 Å². The summed E-state index contributed by atoms with van der Waals surface area (Å²) in [7, 11) is 0. The second-order valence-corrected chi connectivity index (χ2v) is 5.45. The van der Waals surface area contributed by atoms with E-state index in [4.69, 9.17) is 0 Å². The molecule has 0 N–H and O–H groups in total. The lowest BCUT2D eigenvalue weighted by molar-refractivity contribution is -0.142. The van der Waals surface area contributed by atoms with Crippen molar-refractivity contribution in [3.8, 4) is 0 Å². The Morgan fingerprint density at radius 1 is 0.962 bits per heavy atom. The zero-order valence-electron chi connectivity index (χ0n) is 13.2. The number of nitrogens with zero attached hydrogens (tertiary/aromatic N) is 1. The van der Waals surface area contributed by atoms with Gasteiger partial charge in [0.2, 0.25) is 5.78 Å². The number of benzene rings is 2. The Morgan fingerprint density at radius 3 is 2.19 bits per heavy atom. The number of ketones is 1. The van der Waals surface area contributed by atoms with Crippen molar-refractivity contribution in [1.29, 1.82) is 0 Å². The molecule has 3 rings (SSSR count). The van der Waals surface area contributed by atoms with Crippen molar-refractivity contribution >= 4 is 23.6 Å². The normalized spacial score (nSPS) is 12.9. The summed E-state index contributed by atoms with van der Waals surface area (Å²) in [6.07, 6.45) is 0. The van der Waals surface area contributed by atoms with Gasteiger partial charge in [-0.1, -0.05) is 12.1 Å². The topological polar surface area (TPSA) is 80.8 Å². The van der Waals surface area contributed by atoms with Gasteiger partial charge in [0.1, 0.15) is 18.2 Å². The fourth-order valence-corrected chi connectivity index (χ4v) is 2.49. The highest BCUT2D eigenvalue weighted by atomic mass is 19.1. The van der Waals surface area contributed by atoms with Crippen molar-refractivity contribution in [3.63, 3.8) is 0 Å². The first-order valence-electron chi connectivity index (χ1n) is 7.47. The van der Waals surface area contributed by atoms with Crippen LogP contribution >= 0.6 is 0 Å². The van der Waals surface area contributed by atoms with Crippen LogP contribution in [0.5, 0.6) is 0 Å². The monoisotopic (exact) mass is 359 g/mol. The van der Waals surface area contributed by atoms with Gasteiger partial charge < -0.3 is 4.74 Å². The Balaban J connectivity index is 1.62. The molecule has 0 saturated carbocycles. The summed E-state index contributed by atoms with van der Waals surface area (Å²) in [5.41, 5.74) is -0.218. The second kappa shape index (κ2) is 6.83. The third kappa shape index (κ3) is 3.21. The molecule has 1 aliphatic heterocycles. The summed E-state index contributed by atoms with van der Waals surface area (Å²) in [4.78, 5) is 48.6. The van der Waals surface area contributed by atoms with Crippen LogP contribution < -0.4 is 0 Å².